The lowest BCUT2D eigenvalue weighted by atomic mass is 10.1. The van der Waals surface area contributed by atoms with Crippen molar-refractivity contribution in [2.45, 2.75) is 57.0 Å². The van der Waals surface area contributed by atoms with Crippen molar-refractivity contribution in [3.05, 3.63) is 29.6 Å². The largest absolute Gasteiger partial charge is 0.308 e. The third-order valence-corrected chi connectivity index (χ3v) is 5.70. The van der Waals surface area contributed by atoms with Crippen LogP contribution in [0.15, 0.2) is 18.2 Å². The summed E-state index contributed by atoms with van der Waals surface area (Å²) >= 11 is 2.10. The van der Waals surface area contributed by atoms with Crippen LogP contribution in [0.5, 0.6) is 0 Å². The normalized spacial score (nSPS) is 23.0. The number of nitrogens with zero attached hydrogens (tertiary/aromatic N) is 2. The van der Waals surface area contributed by atoms with Gasteiger partial charge in [0.15, 0.2) is 0 Å². The molecule has 0 spiro atoms. The summed E-state index contributed by atoms with van der Waals surface area (Å²) in [6.45, 7) is 9.01. The van der Waals surface area contributed by atoms with Gasteiger partial charge in [-0.05, 0) is 37.9 Å². The molecule has 0 radical (unpaired) electrons. The summed E-state index contributed by atoms with van der Waals surface area (Å²) in [5, 5.41) is 3.55. The molecule has 2 fully saturated rings. The van der Waals surface area contributed by atoms with E-state index in [0.29, 0.717) is 4.75 Å². The van der Waals surface area contributed by atoms with Crippen molar-refractivity contribution in [1.29, 1.82) is 0 Å². The molecule has 116 valence electrons. The molecule has 1 N–H and O–H groups in total. The van der Waals surface area contributed by atoms with Crippen molar-refractivity contribution >= 4 is 11.8 Å². The van der Waals surface area contributed by atoms with Gasteiger partial charge >= 0.3 is 0 Å². The molecule has 1 aromatic heterocycles. The molecule has 2 aliphatic rings. The highest BCUT2D eigenvalue weighted by molar-refractivity contribution is 8.00. The lowest BCUT2D eigenvalue weighted by Crippen LogP contribution is -2.27. The van der Waals surface area contributed by atoms with E-state index in [-0.39, 0.29) is 0 Å². The van der Waals surface area contributed by atoms with Crippen molar-refractivity contribution in [2.24, 2.45) is 0 Å². The Balaban J connectivity index is 1.55. The molecule has 0 atom stereocenters. The molecule has 3 nitrogen and oxygen atoms in total. The highest BCUT2D eigenvalue weighted by Gasteiger charge is 2.24. The number of nitrogens with one attached hydrogen (secondary N) is 1. The van der Waals surface area contributed by atoms with Crippen LogP contribution in [0.1, 0.15) is 44.5 Å². The zero-order chi connectivity index (χ0) is 14.7. The topological polar surface area (TPSA) is 28.2 Å². The van der Waals surface area contributed by atoms with Crippen LogP contribution in [0.2, 0.25) is 0 Å². The molecule has 3 rings (SSSR count). The maximum absolute atomic E-state index is 4.82. The van der Waals surface area contributed by atoms with Gasteiger partial charge < -0.3 is 5.32 Å². The number of pyridine rings is 1. The van der Waals surface area contributed by atoms with Gasteiger partial charge in [0, 0.05) is 36.2 Å². The van der Waals surface area contributed by atoms with Crippen LogP contribution in [0.3, 0.4) is 0 Å². The van der Waals surface area contributed by atoms with E-state index in [1.807, 2.05) is 0 Å². The van der Waals surface area contributed by atoms with Crippen LogP contribution < -0.4 is 5.32 Å². The maximum Gasteiger partial charge on any atom is 0.0547 e. The van der Waals surface area contributed by atoms with Crippen LogP contribution in [0, 0.1) is 0 Å². The first-order chi connectivity index (χ1) is 10.1. The summed E-state index contributed by atoms with van der Waals surface area (Å²) in [6.07, 6.45) is 3.93. The van der Waals surface area contributed by atoms with E-state index in [1.54, 1.807) is 0 Å². The van der Waals surface area contributed by atoms with E-state index in [2.05, 4.69) is 54.0 Å². The van der Waals surface area contributed by atoms with Crippen LogP contribution in [0.4, 0.5) is 0 Å². The number of thioether (sulfide) groups is 1. The Bertz CT molecular complexity index is 471. The minimum atomic E-state index is 0.429. The smallest absolute Gasteiger partial charge is 0.0547 e. The first kappa shape index (κ1) is 15.3. The monoisotopic (exact) mass is 305 g/mol. The molecule has 0 unspecified atom stereocenters. The highest BCUT2D eigenvalue weighted by atomic mass is 32.2. The van der Waals surface area contributed by atoms with Gasteiger partial charge in [0.1, 0.15) is 0 Å². The fourth-order valence-electron chi connectivity index (χ4n) is 2.70. The molecule has 1 aliphatic carbocycles. The number of hydrogen-bond donors (Lipinski definition) is 1. The standard InChI is InChI=1S/C17H27N3S/c1-17(2)8-9-20(10-11-21-17)13-16-5-3-4-15(19-16)12-18-14-6-7-14/h3-5,14,18H,6-13H2,1-2H3. The summed E-state index contributed by atoms with van der Waals surface area (Å²) in [7, 11) is 0. The van der Waals surface area contributed by atoms with E-state index >= 15 is 0 Å². The quantitative estimate of drug-likeness (QED) is 0.905. The number of rotatable bonds is 5. The summed E-state index contributed by atoms with van der Waals surface area (Å²) in [5.41, 5.74) is 2.40. The summed E-state index contributed by atoms with van der Waals surface area (Å²) in [4.78, 5) is 7.38. The average Bonchev–Trinajstić information content (AvgIpc) is 3.27. The minimum Gasteiger partial charge on any atom is -0.308 e. The van der Waals surface area contributed by atoms with E-state index in [4.69, 9.17) is 4.98 Å². The predicted octanol–water partition coefficient (Wildman–Crippen LogP) is 3.05. The zero-order valence-corrected chi connectivity index (χ0v) is 14.1. The molecule has 0 aromatic carbocycles. The van der Waals surface area contributed by atoms with E-state index in [9.17, 15) is 0 Å². The summed E-state index contributed by atoms with van der Waals surface area (Å²) < 4.78 is 0.429. The highest BCUT2D eigenvalue weighted by Crippen LogP contribution is 2.30. The third kappa shape index (κ3) is 4.97. The molecule has 1 aromatic rings. The van der Waals surface area contributed by atoms with Crippen molar-refractivity contribution in [3.8, 4) is 0 Å². The van der Waals surface area contributed by atoms with Crippen LogP contribution >= 0.6 is 11.8 Å². The lowest BCUT2D eigenvalue weighted by molar-refractivity contribution is 0.273. The van der Waals surface area contributed by atoms with Crippen molar-refractivity contribution in [1.82, 2.24) is 15.2 Å². The Kier molecular flexibility index (Phi) is 4.87. The van der Waals surface area contributed by atoms with E-state index in [0.717, 1.165) is 19.1 Å². The molecule has 2 heterocycles. The SMILES string of the molecule is CC1(C)CCN(Cc2cccc(CNC3CC3)n2)CCS1. The Labute approximate surface area is 132 Å². The second-order valence-electron chi connectivity index (χ2n) is 6.91. The predicted molar refractivity (Wildman–Crippen MR) is 90.5 cm³/mol. The van der Waals surface area contributed by atoms with Gasteiger partial charge in [0.2, 0.25) is 0 Å². The van der Waals surface area contributed by atoms with E-state index in [1.165, 1.54) is 49.5 Å². The van der Waals surface area contributed by atoms with E-state index < -0.39 is 0 Å². The number of aromatic nitrogens is 1. The second kappa shape index (κ2) is 6.67. The van der Waals surface area contributed by atoms with Gasteiger partial charge in [0.05, 0.1) is 11.4 Å². The van der Waals surface area contributed by atoms with Crippen LogP contribution in [-0.4, -0.2) is 39.5 Å². The Morgan fingerprint density at radius 1 is 1.29 bits per heavy atom. The molecule has 0 bridgehead atoms. The van der Waals surface area contributed by atoms with Gasteiger partial charge in [-0.2, -0.15) is 11.8 Å². The maximum atomic E-state index is 4.82. The third-order valence-electron chi connectivity index (χ3n) is 4.33. The fraction of sp³-hybridized carbons (Fsp3) is 0.706. The Morgan fingerprint density at radius 3 is 2.90 bits per heavy atom. The fourth-order valence-corrected chi connectivity index (χ4v) is 3.84. The molecule has 1 saturated carbocycles. The molecule has 0 amide bonds. The Hall–Kier alpha value is -0.580. The first-order valence-electron chi connectivity index (χ1n) is 8.15. The van der Waals surface area contributed by atoms with Crippen molar-refractivity contribution in [2.75, 3.05) is 18.8 Å². The molecular weight excluding hydrogens is 278 g/mol. The van der Waals surface area contributed by atoms with Gasteiger partial charge in [-0.15, -0.1) is 0 Å². The van der Waals surface area contributed by atoms with Gasteiger partial charge in [0.25, 0.3) is 0 Å². The van der Waals surface area contributed by atoms with Crippen molar-refractivity contribution < 1.29 is 0 Å². The molecule has 4 heteroatoms. The first-order valence-corrected chi connectivity index (χ1v) is 9.14. The molecular formula is C17H27N3S. The summed E-state index contributed by atoms with van der Waals surface area (Å²) in [6, 6.07) is 7.22. The zero-order valence-electron chi connectivity index (χ0n) is 13.3. The van der Waals surface area contributed by atoms with Gasteiger partial charge in [-0.25, -0.2) is 0 Å². The van der Waals surface area contributed by atoms with Gasteiger partial charge in [-0.3, -0.25) is 9.88 Å². The number of hydrogen-bond acceptors (Lipinski definition) is 4. The Morgan fingerprint density at radius 2 is 2.10 bits per heavy atom. The summed E-state index contributed by atoms with van der Waals surface area (Å²) in [5.74, 6) is 1.23. The molecule has 21 heavy (non-hydrogen) atoms. The van der Waals surface area contributed by atoms with Gasteiger partial charge in [-0.1, -0.05) is 19.9 Å². The van der Waals surface area contributed by atoms with Crippen LogP contribution in [-0.2, 0) is 13.1 Å². The van der Waals surface area contributed by atoms with Crippen molar-refractivity contribution in [3.63, 3.8) is 0 Å². The molecule has 1 saturated heterocycles. The lowest BCUT2D eigenvalue weighted by Gasteiger charge is -2.22. The minimum absolute atomic E-state index is 0.429. The average molecular weight is 305 g/mol. The van der Waals surface area contributed by atoms with Crippen LogP contribution in [0.25, 0.3) is 0 Å². The molecule has 1 aliphatic heterocycles. The second-order valence-corrected chi connectivity index (χ2v) is 8.71.